The smallest absolute Gasteiger partial charge is 0.234 e. The maximum atomic E-state index is 11.2. The molecule has 0 radical (unpaired) electrons. The van der Waals surface area contributed by atoms with Gasteiger partial charge in [-0.15, -0.1) is 0 Å². The van der Waals surface area contributed by atoms with Gasteiger partial charge in [-0.05, 0) is 46.9 Å². The number of amides is 1. The zero-order chi connectivity index (χ0) is 11.5. The van der Waals surface area contributed by atoms with Crippen LogP contribution in [0.15, 0.2) is 22.9 Å². The van der Waals surface area contributed by atoms with Crippen LogP contribution in [0.5, 0.6) is 0 Å². The van der Waals surface area contributed by atoms with Gasteiger partial charge >= 0.3 is 0 Å². The third-order valence-electron chi connectivity index (χ3n) is 2.84. The Balaban J connectivity index is 2.06. The summed E-state index contributed by atoms with van der Waals surface area (Å²) < 4.78 is 0.958. The van der Waals surface area contributed by atoms with Gasteiger partial charge in [0.15, 0.2) is 0 Å². The van der Waals surface area contributed by atoms with Crippen LogP contribution < -0.4 is 5.73 Å². The molecule has 1 amide bonds. The van der Waals surface area contributed by atoms with E-state index in [9.17, 15) is 4.79 Å². The van der Waals surface area contributed by atoms with Gasteiger partial charge < -0.3 is 5.73 Å². The van der Waals surface area contributed by atoms with Crippen molar-refractivity contribution in [1.29, 1.82) is 0 Å². The number of pyridine rings is 1. The minimum absolute atomic E-state index is 0.112. The van der Waals surface area contributed by atoms with Gasteiger partial charge in [-0.1, -0.05) is 0 Å². The second-order valence-corrected chi connectivity index (χ2v) is 4.96. The van der Waals surface area contributed by atoms with Crippen molar-refractivity contribution in [3.05, 3.63) is 28.5 Å². The molecule has 0 bridgehead atoms. The Morgan fingerprint density at radius 2 is 2.44 bits per heavy atom. The molecule has 0 spiro atoms. The predicted molar refractivity (Wildman–Crippen MR) is 64.6 cm³/mol. The summed E-state index contributed by atoms with van der Waals surface area (Å²) in [5, 5.41) is 0. The number of rotatable bonds is 3. The molecule has 2 N–H and O–H groups in total. The zero-order valence-corrected chi connectivity index (χ0v) is 10.5. The van der Waals surface area contributed by atoms with Gasteiger partial charge in [-0.3, -0.25) is 14.7 Å². The standard InChI is InChI=1S/C11H14BrN3O/c12-9-4-8(5-14-6-9)7-15-3-1-2-10(15)11(13)16/h4-6,10H,1-3,7H2,(H2,13,16). The van der Waals surface area contributed by atoms with Gasteiger partial charge in [-0.2, -0.15) is 0 Å². The van der Waals surface area contributed by atoms with Crippen molar-refractivity contribution in [3.63, 3.8) is 0 Å². The number of halogens is 1. The minimum Gasteiger partial charge on any atom is -0.368 e. The highest BCUT2D eigenvalue weighted by atomic mass is 79.9. The highest BCUT2D eigenvalue weighted by molar-refractivity contribution is 9.10. The summed E-state index contributed by atoms with van der Waals surface area (Å²) in [4.78, 5) is 17.4. The predicted octanol–water partition coefficient (Wildman–Crippen LogP) is 1.29. The fraction of sp³-hybridized carbons (Fsp3) is 0.455. The molecule has 1 aliphatic rings. The van der Waals surface area contributed by atoms with E-state index in [1.165, 1.54) is 0 Å². The van der Waals surface area contributed by atoms with E-state index in [-0.39, 0.29) is 11.9 Å². The van der Waals surface area contributed by atoms with Crippen LogP contribution in [0.4, 0.5) is 0 Å². The fourth-order valence-corrected chi connectivity index (χ4v) is 2.53. The number of carbonyl (C=O) groups excluding carboxylic acids is 1. The van der Waals surface area contributed by atoms with Crippen LogP contribution in [0.25, 0.3) is 0 Å². The normalized spacial score (nSPS) is 21.2. The SMILES string of the molecule is NC(=O)C1CCCN1Cc1cncc(Br)c1. The first-order valence-corrected chi connectivity index (χ1v) is 6.09. The van der Waals surface area contributed by atoms with Gasteiger partial charge in [0.25, 0.3) is 0 Å². The summed E-state index contributed by atoms with van der Waals surface area (Å²) in [6, 6.07) is 1.91. The summed E-state index contributed by atoms with van der Waals surface area (Å²) in [5.41, 5.74) is 6.47. The van der Waals surface area contributed by atoms with Gasteiger partial charge in [0.05, 0.1) is 6.04 Å². The van der Waals surface area contributed by atoms with Crippen molar-refractivity contribution in [2.75, 3.05) is 6.54 Å². The Morgan fingerprint density at radius 1 is 1.62 bits per heavy atom. The quantitative estimate of drug-likeness (QED) is 0.910. The van der Waals surface area contributed by atoms with E-state index in [0.717, 1.165) is 36.0 Å². The molecule has 1 aliphatic heterocycles. The molecule has 1 atom stereocenters. The zero-order valence-electron chi connectivity index (χ0n) is 8.90. The van der Waals surface area contributed by atoms with Gasteiger partial charge in [0.2, 0.25) is 5.91 Å². The summed E-state index contributed by atoms with van der Waals surface area (Å²) >= 11 is 3.38. The molecule has 1 unspecified atom stereocenters. The monoisotopic (exact) mass is 283 g/mol. The van der Waals surface area contributed by atoms with Crippen LogP contribution >= 0.6 is 15.9 Å². The third-order valence-corrected chi connectivity index (χ3v) is 3.27. The van der Waals surface area contributed by atoms with Crippen LogP contribution in [-0.4, -0.2) is 28.4 Å². The van der Waals surface area contributed by atoms with E-state index >= 15 is 0 Å². The summed E-state index contributed by atoms with van der Waals surface area (Å²) in [7, 11) is 0. The molecular formula is C11H14BrN3O. The van der Waals surface area contributed by atoms with Crippen LogP contribution in [0.3, 0.4) is 0 Å². The first-order valence-electron chi connectivity index (χ1n) is 5.29. The van der Waals surface area contributed by atoms with Crippen molar-refractivity contribution < 1.29 is 4.79 Å². The average molecular weight is 284 g/mol. The van der Waals surface area contributed by atoms with Crippen molar-refractivity contribution in [3.8, 4) is 0 Å². The lowest BCUT2D eigenvalue weighted by Crippen LogP contribution is -2.39. The summed E-state index contributed by atoms with van der Waals surface area (Å²) in [5.74, 6) is -0.222. The first-order chi connectivity index (χ1) is 7.66. The Morgan fingerprint density at radius 3 is 3.12 bits per heavy atom. The van der Waals surface area contributed by atoms with Gasteiger partial charge in [-0.25, -0.2) is 0 Å². The van der Waals surface area contributed by atoms with E-state index in [0.29, 0.717) is 0 Å². The molecule has 2 rings (SSSR count). The Kier molecular flexibility index (Phi) is 3.56. The Labute approximate surface area is 103 Å². The van der Waals surface area contributed by atoms with Gasteiger partial charge in [0.1, 0.15) is 0 Å². The fourth-order valence-electron chi connectivity index (χ4n) is 2.11. The Bertz CT molecular complexity index is 397. The average Bonchev–Trinajstić information content (AvgIpc) is 2.66. The number of aromatic nitrogens is 1. The number of nitrogens with zero attached hydrogens (tertiary/aromatic N) is 2. The molecular weight excluding hydrogens is 270 g/mol. The van der Waals surface area contributed by atoms with Crippen LogP contribution in [0, 0.1) is 0 Å². The highest BCUT2D eigenvalue weighted by Gasteiger charge is 2.28. The highest BCUT2D eigenvalue weighted by Crippen LogP contribution is 2.20. The van der Waals surface area contributed by atoms with Crippen molar-refractivity contribution in [1.82, 2.24) is 9.88 Å². The van der Waals surface area contributed by atoms with E-state index in [1.54, 1.807) is 6.20 Å². The molecule has 1 saturated heterocycles. The lowest BCUT2D eigenvalue weighted by atomic mass is 10.2. The molecule has 1 fully saturated rings. The topological polar surface area (TPSA) is 59.2 Å². The molecule has 1 aromatic rings. The van der Waals surface area contributed by atoms with Crippen LogP contribution in [0.1, 0.15) is 18.4 Å². The number of carbonyl (C=O) groups is 1. The second-order valence-electron chi connectivity index (χ2n) is 4.04. The molecule has 0 aliphatic carbocycles. The number of likely N-dealkylation sites (tertiary alicyclic amines) is 1. The maximum Gasteiger partial charge on any atom is 0.234 e. The molecule has 2 heterocycles. The maximum absolute atomic E-state index is 11.2. The molecule has 4 nitrogen and oxygen atoms in total. The summed E-state index contributed by atoms with van der Waals surface area (Å²) in [6.07, 6.45) is 5.48. The second kappa shape index (κ2) is 4.93. The number of nitrogens with two attached hydrogens (primary N) is 1. The lowest BCUT2D eigenvalue weighted by molar-refractivity contribution is -0.122. The van der Waals surface area contributed by atoms with Crippen molar-refractivity contribution in [2.45, 2.75) is 25.4 Å². The lowest BCUT2D eigenvalue weighted by Gasteiger charge is -2.21. The molecule has 16 heavy (non-hydrogen) atoms. The van der Waals surface area contributed by atoms with E-state index in [1.807, 2.05) is 12.3 Å². The molecule has 5 heteroatoms. The molecule has 86 valence electrons. The van der Waals surface area contributed by atoms with Crippen LogP contribution in [-0.2, 0) is 11.3 Å². The summed E-state index contributed by atoms with van der Waals surface area (Å²) in [6.45, 7) is 1.67. The van der Waals surface area contributed by atoms with E-state index in [4.69, 9.17) is 5.73 Å². The van der Waals surface area contributed by atoms with Crippen LogP contribution in [0.2, 0.25) is 0 Å². The molecule has 1 aromatic heterocycles. The van der Waals surface area contributed by atoms with Crippen molar-refractivity contribution in [2.24, 2.45) is 5.73 Å². The molecule has 0 aromatic carbocycles. The third kappa shape index (κ3) is 2.59. The minimum atomic E-state index is -0.222. The first kappa shape index (κ1) is 11.5. The van der Waals surface area contributed by atoms with Gasteiger partial charge in [0, 0.05) is 23.4 Å². The number of primary amides is 1. The van der Waals surface area contributed by atoms with E-state index < -0.39 is 0 Å². The molecule has 0 saturated carbocycles. The number of hydrogen-bond acceptors (Lipinski definition) is 3. The number of hydrogen-bond donors (Lipinski definition) is 1. The van der Waals surface area contributed by atoms with Crippen molar-refractivity contribution >= 4 is 21.8 Å². The van der Waals surface area contributed by atoms with E-state index in [2.05, 4.69) is 25.8 Å². The largest absolute Gasteiger partial charge is 0.368 e. The Hall–Kier alpha value is -0.940.